The Bertz CT molecular complexity index is 337. The zero-order chi connectivity index (χ0) is 12.1. The summed E-state index contributed by atoms with van der Waals surface area (Å²) in [6.07, 6.45) is 3.42. The summed E-state index contributed by atoms with van der Waals surface area (Å²) >= 11 is 0. The molecule has 0 aliphatic carbocycles. The number of rotatable bonds is 5. The van der Waals surface area contributed by atoms with Crippen molar-refractivity contribution in [2.75, 3.05) is 26.7 Å². The molecule has 1 fully saturated rings. The van der Waals surface area contributed by atoms with Gasteiger partial charge in [-0.15, -0.1) is 0 Å². The van der Waals surface area contributed by atoms with Crippen LogP contribution in [0, 0.1) is 5.92 Å². The zero-order valence-corrected chi connectivity index (χ0v) is 10.8. The van der Waals surface area contributed by atoms with E-state index in [0.29, 0.717) is 0 Å². The van der Waals surface area contributed by atoms with E-state index in [2.05, 4.69) is 20.4 Å². The smallest absolute Gasteiger partial charge is 0.240 e. The number of likely N-dealkylation sites (tertiary alicyclic amines) is 1. The van der Waals surface area contributed by atoms with Crippen LogP contribution in [0.1, 0.15) is 31.5 Å². The molecule has 17 heavy (non-hydrogen) atoms. The molecule has 0 radical (unpaired) electrons. The maximum Gasteiger partial charge on any atom is 0.240 e. The van der Waals surface area contributed by atoms with Crippen LogP contribution in [0.4, 0.5) is 0 Å². The lowest BCUT2D eigenvalue weighted by atomic mass is 9.98. The van der Waals surface area contributed by atoms with Gasteiger partial charge in [-0.2, -0.15) is 4.98 Å². The molecular formula is C12H22N4O. The summed E-state index contributed by atoms with van der Waals surface area (Å²) in [5.41, 5.74) is 0. The largest absolute Gasteiger partial charge is 0.338 e. The molecule has 1 saturated heterocycles. The van der Waals surface area contributed by atoms with E-state index in [9.17, 15) is 0 Å². The average Bonchev–Trinajstić information content (AvgIpc) is 2.78. The maximum absolute atomic E-state index is 5.24. The second-order valence-electron chi connectivity index (χ2n) is 4.76. The van der Waals surface area contributed by atoms with Gasteiger partial charge in [-0.05, 0) is 38.9 Å². The number of aryl methyl sites for hydroxylation is 1. The first-order valence-electron chi connectivity index (χ1n) is 6.50. The highest BCUT2D eigenvalue weighted by Gasteiger charge is 2.20. The molecule has 1 aromatic rings. The van der Waals surface area contributed by atoms with E-state index in [1.165, 1.54) is 12.8 Å². The molecule has 0 bridgehead atoms. The Kier molecular flexibility index (Phi) is 4.50. The van der Waals surface area contributed by atoms with E-state index in [4.69, 9.17) is 4.52 Å². The minimum absolute atomic E-state index is 0.752. The van der Waals surface area contributed by atoms with Crippen molar-refractivity contribution in [1.29, 1.82) is 0 Å². The van der Waals surface area contributed by atoms with Gasteiger partial charge in [0.05, 0.1) is 6.54 Å². The highest BCUT2D eigenvalue weighted by atomic mass is 16.5. The van der Waals surface area contributed by atoms with Crippen molar-refractivity contribution in [3.63, 3.8) is 0 Å². The van der Waals surface area contributed by atoms with E-state index >= 15 is 0 Å². The zero-order valence-electron chi connectivity index (χ0n) is 10.8. The molecule has 0 spiro atoms. The summed E-state index contributed by atoms with van der Waals surface area (Å²) in [6, 6.07) is 0. The van der Waals surface area contributed by atoms with Crippen LogP contribution in [0.25, 0.3) is 0 Å². The minimum Gasteiger partial charge on any atom is -0.338 e. The number of hydrogen-bond acceptors (Lipinski definition) is 5. The number of piperidine rings is 1. The third kappa shape index (κ3) is 3.51. The predicted octanol–water partition coefficient (Wildman–Crippen LogP) is 1.06. The van der Waals surface area contributed by atoms with Crippen molar-refractivity contribution in [3.8, 4) is 0 Å². The molecule has 1 atom stereocenters. The van der Waals surface area contributed by atoms with Gasteiger partial charge in [0.25, 0.3) is 0 Å². The van der Waals surface area contributed by atoms with Crippen LogP contribution >= 0.6 is 0 Å². The molecule has 1 aliphatic heterocycles. The Hall–Kier alpha value is -0.940. The molecule has 96 valence electrons. The second kappa shape index (κ2) is 6.12. The third-order valence-electron chi connectivity index (χ3n) is 3.28. The molecule has 2 rings (SSSR count). The van der Waals surface area contributed by atoms with E-state index < -0.39 is 0 Å². The predicted molar refractivity (Wildman–Crippen MR) is 65.6 cm³/mol. The lowest BCUT2D eigenvalue weighted by Crippen LogP contribution is -2.38. The van der Waals surface area contributed by atoms with Crippen molar-refractivity contribution in [3.05, 3.63) is 11.7 Å². The van der Waals surface area contributed by atoms with E-state index in [-0.39, 0.29) is 0 Å². The van der Waals surface area contributed by atoms with Crippen molar-refractivity contribution >= 4 is 0 Å². The Balaban J connectivity index is 1.85. The number of aromatic nitrogens is 2. The Morgan fingerprint density at radius 2 is 2.41 bits per heavy atom. The molecule has 2 heterocycles. The second-order valence-corrected chi connectivity index (χ2v) is 4.76. The van der Waals surface area contributed by atoms with Gasteiger partial charge in [-0.25, -0.2) is 0 Å². The van der Waals surface area contributed by atoms with Gasteiger partial charge in [-0.3, -0.25) is 4.90 Å². The number of nitrogens with zero attached hydrogens (tertiary/aromatic N) is 3. The van der Waals surface area contributed by atoms with Crippen LogP contribution in [0.5, 0.6) is 0 Å². The first-order valence-corrected chi connectivity index (χ1v) is 6.50. The SMILES string of the molecule is CCc1noc(CN2CCCC(CNC)C2)n1. The molecule has 1 unspecified atom stereocenters. The molecule has 5 heteroatoms. The van der Waals surface area contributed by atoms with Gasteiger partial charge in [-0.1, -0.05) is 12.1 Å². The number of nitrogens with one attached hydrogen (secondary N) is 1. The lowest BCUT2D eigenvalue weighted by molar-refractivity contribution is 0.149. The maximum atomic E-state index is 5.24. The van der Waals surface area contributed by atoms with Crippen LogP contribution in [-0.4, -0.2) is 41.7 Å². The summed E-state index contributed by atoms with van der Waals surface area (Å²) < 4.78 is 5.24. The normalized spacial score (nSPS) is 21.9. The monoisotopic (exact) mass is 238 g/mol. The summed E-state index contributed by atoms with van der Waals surface area (Å²) in [5.74, 6) is 2.32. The third-order valence-corrected chi connectivity index (χ3v) is 3.28. The van der Waals surface area contributed by atoms with E-state index in [0.717, 1.165) is 50.2 Å². The minimum atomic E-state index is 0.752. The van der Waals surface area contributed by atoms with Crippen LogP contribution in [0.15, 0.2) is 4.52 Å². The van der Waals surface area contributed by atoms with Gasteiger partial charge < -0.3 is 9.84 Å². The van der Waals surface area contributed by atoms with Crippen LogP contribution < -0.4 is 5.32 Å². The summed E-state index contributed by atoms with van der Waals surface area (Å²) in [5, 5.41) is 7.19. The van der Waals surface area contributed by atoms with E-state index in [1.54, 1.807) is 0 Å². The van der Waals surface area contributed by atoms with Crippen molar-refractivity contribution < 1.29 is 4.52 Å². The first kappa shape index (κ1) is 12.5. The lowest BCUT2D eigenvalue weighted by Gasteiger charge is -2.31. The fraction of sp³-hybridized carbons (Fsp3) is 0.833. The fourth-order valence-electron chi connectivity index (χ4n) is 2.44. The summed E-state index contributed by atoms with van der Waals surface area (Å²) in [6.45, 7) is 6.21. The molecule has 5 nitrogen and oxygen atoms in total. The summed E-state index contributed by atoms with van der Waals surface area (Å²) in [7, 11) is 2.02. The van der Waals surface area contributed by atoms with Crippen molar-refractivity contribution in [1.82, 2.24) is 20.4 Å². The van der Waals surface area contributed by atoms with E-state index in [1.807, 2.05) is 14.0 Å². The Labute approximate surface area is 103 Å². The molecule has 1 N–H and O–H groups in total. The molecular weight excluding hydrogens is 216 g/mol. The molecule has 0 aromatic carbocycles. The molecule has 1 aliphatic rings. The first-order chi connectivity index (χ1) is 8.31. The van der Waals surface area contributed by atoms with Gasteiger partial charge in [0.15, 0.2) is 5.82 Å². The van der Waals surface area contributed by atoms with Crippen molar-refractivity contribution in [2.24, 2.45) is 5.92 Å². The molecule has 1 aromatic heterocycles. The quantitative estimate of drug-likeness (QED) is 0.831. The topological polar surface area (TPSA) is 54.2 Å². The Morgan fingerprint density at radius 1 is 1.53 bits per heavy atom. The average molecular weight is 238 g/mol. The van der Waals surface area contributed by atoms with Crippen LogP contribution in [0.3, 0.4) is 0 Å². The fourth-order valence-corrected chi connectivity index (χ4v) is 2.44. The van der Waals surface area contributed by atoms with Gasteiger partial charge in [0.2, 0.25) is 5.89 Å². The van der Waals surface area contributed by atoms with Crippen LogP contribution in [-0.2, 0) is 13.0 Å². The Morgan fingerprint density at radius 3 is 3.12 bits per heavy atom. The highest BCUT2D eigenvalue weighted by molar-refractivity contribution is 4.86. The van der Waals surface area contributed by atoms with Crippen LogP contribution in [0.2, 0.25) is 0 Å². The molecule has 0 saturated carbocycles. The molecule has 0 amide bonds. The highest BCUT2D eigenvalue weighted by Crippen LogP contribution is 2.17. The van der Waals surface area contributed by atoms with Gasteiger partial charge >= 0.3 is 0 Å². The summed E-state index contributed by atoms with van der Waals surface area (Å²) in [4.78, 5) is 6.77. The number of hydrogen-bond donors (Lipinski definition) is 1. The van der Waals surface area contributed by atoms with Gasteiger partial charge in [0.1, 0.15) is 0 Å². The van der Waals surface area contributed by atoms with Crippen molar-refractivity contribution in [2.45, 2.75) is 32.7 Å². The standard InChI is InChI=1S/C12H22N4O/c1-3-11-14-12(17-15-11)9-16-6-4-5-10(8-16)7-13-2/h10,13H,3-9H2,1-2H3. The van der Waals surface area contributed by atoms with Gasteiger partial charge in [0, 0.05) is 13.0 Å².